The van der Waals surface area contributed by atoms with E-state index in [9.17, 15) is 30.7 Å². The van der Waals surface area contributed by atoms with Gasteiger partial charge in [-0.2, -0.15) is 4.58 Å². The van der Waals surface area contributed by atoms with Crippen LogP contribution in [0.4, 0.5) is 5.69 Å². The summed E-state index contributed by atoms with van der Waals surface area (Å²) in [4.78, 5) is 9.85. The third-order valence-electron chi connectivity index (χ3n) is 7.02. The zero-order chi connectivity index (χ0) is 30.2. The van der Waals surface area contributed by atoms with Gasteiger partial charge in [0.05, 0.1) is 16.4 Å². The first kappa shape index (κ1) is 34.0. The molecule has 0 atom stereocenters. The van der Waals surface area contributed by atoms with Crippen LogP contribution in [-0.2, 0) is 25.0 Å². The largest absolute Gasteiger partial charge is 1.00 e. The molecule has 1 aliphatic heterocycles. The van der Waals surface area contributed by atoms with Gasteiger partial charge in [-0.05, 0) is 43.5 Å². The summed E-state index contributed by atoms with van der Waals surface area (Å²) < 4.78 is 83.8. The first-order chi connectivity index (χ1) is 19.1. The van der Waals surface area contributed by atoms with E-state index in [1.807, 2.05) is 31.5 Å². The minimum atomic E-state index is -4.87. The molecule has 1 aliphatic carbocycles. The average Bonchev–Trinajstić information content (AvgIpc) is 2.87. The van der Waals surface area contributed by atoms with Crippen molar-refractivity contribution in [2.24, 2.45) is 5.41 Å². The second kappa shape index (κ2) is 13.0. The number of allylic oxidation sites excluding steroid dienone is 2. The molecule has 0 aromatic heterocycles. The predicted octanol–water partition coefficient (Wildman–Crippen LogP) is 1.03. The van der Waals surface area contributed by atoms with E-state index < -0.39 is 36.5 Å². The van der Waals surface area contributed by atoms with E-state index in [4.69, 9.17) is 14.6 Å². The molecular weight excluding hydrogens is 597 g/mol. The molecule has 1 heterocycles. The molecule has 0 spiro atoms. The number of hydrogen-bond acceptors (Lipinski definition) is 9. The zero-order valence-corrected chi connectivity index (χ0v) is 27.4. The monoisotopic (exact) mass is 627 g/mol. The van der Waals surface area contributed by atoms with Gasteiger partial charge >= 0.3 is 35.5 Å². The molecule has 4 rings (SSSR count). The molecule has 2 aromatic rings. The van der Waals surface area contributed by atoms with Crippen molar-refractivity contribution in [3.63, 3.8) is 0 Å². The van der Waals surface area contributed by atoms with E-state index in [0.717, 1.165) is 11.3 Å². The standard InChI is InChI=1S/C28H31NO10S2.Na/c1-28(2)17-20(29(3)19-8-10-21(11-9-19)40(32,33)34)15-24-22(28)13-18-14-26(41(35,36)37)25(16-23(18)39-24)38-12-6-4-5-7-27(30)31;/h8-11,13-16H,4-7,12,17H2,1-3H3,(H2-,30,31,32,33,34,35,36,37);/q;+1/p-1. The number of benzene rings is 2. The average molecular weight is 628 g/mol. The van der Waals surface area contributed by atoms with Crippen molar-refractivity contribution in [3.05, 3.63) is 59.4 Å². The summed E-state index contributed by atoms with van der Waals surface area (Å²) in [6.45, 7) is 4.08. The molecule has 220 valence electrons. The number of carboxylic acid groups (broad SMARTS) is 1. The Balaban J connectivity index is 0.00000484. The summed E-state index contributed by atoms with van der Waals surface area (Å²) in [5.74, 6) is -0.215. The van der Waals surface area contributed by atoms with E-state index in [2.05, 4.69) is 0 Å². The second-order valence-corrected chi connectivity index (χ2v) is 13.3. The van der Waals surface area contributed by atoms with Gasteiger partial charge in [-0.3, -0.25) is 4.79 Å². The van der Waals surface area contributed by atoms with Crippen molar-refractivity contribution in [2.45, 2.75) is 55.7 Å². The molecule has 42 heavy (non-hydrogen) atoms. The zero-order valence-electron chi connectivity index (χ0n) is 23.7. The van der Waals surface area contributed by atoms with Crippen LogP contribution in [-0.4, -0.2) is 61.0 Å². The quantitative estimate of drug-likeness (QED) is 0.173. The van der Waals surface area contributed by atoms with Crippen molar-refractivity contribution in [3.8, 4) is 11.5 Å². The Morgan fingerprint density at radius 2 is 1.69 bits per heavy atom. The fraction of sp³-hybridized carbons (Fsp3) is 0.357. The van der Waals surface area contributed by atoms with Crippen LogP contribution in [0.15, 0.2) is 63.6 Å². The summed E-state index contributed by atoms with van der Waals surface area (Å²) >= 11 is 0. The van der Waals surface area contributed by atoms with Gasteiger partial charge < -0.3 is 23.7 Å². The van der Waals surface area contributed by atoms with Crippen LogP contribution in [0.5, 0.6) is 11.5 Å². The van der Waals surface area contributed by atoms with E-state index in [1.165, 1.54) is 24.3 Å². The number of rotatable bonds is 10. The number of nitrogens with zero attached hydrogens (tertiary/aromatic N) is 1. The van der Waals surface area contributed by atoms with E-state index in [0.29, 0.717) is 48.4 Å². The second-order valence-electron chi connectivity index (χ2n) is 10.6. The molecule has 1 N–H and O–H groups in total. The fourth-order valence-electron chi connectivity index (χ4n) is 4.81. The van der Waals surface area contributed by atoms with Gasteiger partial charge in [-0.15, -0.1) is 0 Å². The van der Waals surface area contributed by atoms with Gasteiger partial charge in [-0.25, -0.2) is 16.8 Å². The summed E-state index contributed by atoms with van der Waals surface area (Å²) in [7, 11) is -7.62. The first-order valence-corrected chi connectivity index (χ1v) is 15.6. The summed E-state index contributed by atoms with van der Waals surface area (Å²) in [5.41, 5.74) is 2.26. The van der Waals surface area contributed by atoms with Crippen molar-refractivity contribution >= 4 is 43.7 Å². The topological polar surface area (TPSA) is 173 Å². The van der Waals surface area contributed by atoms with Gasteiger partial charge in [0, 0.05) is 53.7 Å². The summed E-state index contributed by atoms with van der Waals surface area (Å²) in [6.07, 6.45) is 5.68. The van der Waals surface area contributed by atoms with Crippen LogP contribution in [0.2, 0.25) is 0 Å². The van der Waals surface area contributed by atoms with E-state index in [1.54, 1.807) is 18.2 Å². The molecule has 14 heteroatoms. The van der Waals surface area contributed by atoms with Crippen molar-refractivity contribution < 1.29 is 79.4 Å². The van der Waals surface area contributed by atoms with Gasteiger partial charge in [0.2, 0.25) is 5.69 Å². The Kier molecular flexibility index (Phi) is 10.5. The Morgan fingerprint density at radius 1 is 1.02 bits per heavy atom. The van der Waals surface area contributed by atoms with Crippen LogP contribution in [0.3, 0.4) is 0 Å². The molecule has 0 saturated heterocycles. The molecule has 0 saturated carbocycles. The Hall–Kier alpha value is -2.52. The number of carbonyl (C=O) groups is 1. The summed E-state index contributed by atoms with van der Waals surface area (Å²) in [5, 5.41) is 8.75. The van der Waals surface area contributed by atoms with Crippen molar-refractivity contribution in [1.29, 1.82) is 0 Å². The number of ether oxygens (including phenoxy) is 2. The minimum absolute atomic E-state index is 0. The molecule has 2 aliphatic rings. The molecule has 0 bridgehead atoms. The third kappa shape index (κ3) is 7.90. The van der Waals surface area contributed by atoms with Gasteiger partial charge in [0.15, 0.2) is 5.71 Å². The molecular formula is C28H30NNaO10S2. The van der Waals surface area contributed by atoms with Crippen LogP contribution >= 0.6 is 0 Å². The number of aliphatic carboxylic acids is 1. The van der Waals surface area contributed by atoms with Gasteiger partial charge in [0.1, 0.15) is 44.5 Å². The van der Waals surface area contributed by atoms with Crippen molar-refractivity contribution in [2.75, 3.05) is 13.7 Å². The Labute approximate surface area is 267 Å². The van der Waals surface area contributed by atoms with E-state index in [-0.39, 0.29) is 53.2 Å². The fourth-order valence-corrected chi connectivity index (χ4v) is 5.91. The van der Waals surface area contributed by atoms with Crippen LogP contribution in [0.1, 0.15) is 51.5 Å². The maximum Gasteiger partial charge on any atom is 1.00 e. The molecule has 0 radical (unpaired) electrons. The molecule has 0 unspecified atom stereocenters. The molecule has 0 fully saturated rings. The first-order valence-electron chi connectivity index (χ1n) is 12.8. The molecule has 11 nitrogen and oxygen atoms in total. The Morgan fingerprint density at radius 3 is 2.29 bits per heavy atom. The Bertz CT molecular complexity index is 1690. The number of carboxylic acids is 1. The van der Waals surface area contributed by atoms with Crippen LogP contribution in [0.25, 0.3) is 6.08 Å². The minimum Gasteiger partial charge on any atom is -0.744 e. The maximum atomic E-state index is 12.1. The van der Waals surface area contributed by atoms with Crippen LogP contribution in [0, 0.1) is 5.41 Å². The molecule has 2 aromatic carbocycles. The van der Waals surface area contributed by atoms with Crippen molar-refractivity contribution in [1.82, 2.24) is 0 Å². The van der Waals surface area contributed by atoms with Gasteiger partial charge in [-0.1, -0.05) is 13.8 Å². The third-order valence-corrected chi connectivity index (χ3v) is 8.72. The van der Waals surface area contributed by atoms with Gasteiger partial charge in [0.25, 0.3) is 0 Å². The number of hydrogen-bond donors (Lipinski definition) is 1. The predicted molar refractivity (Wildman–Crippen MR) is 146 cm³/mol. The summed E-state index contributed by atoms with van der Waals surface area (Å²) in [6, 6.07) is 8.21. The van der Waals surface area contributed by atoms with Crippen LogP contribution < -0.4 is 39.0 Å². The number of fused-ring (bicyclic) bond motifs is 2. The van der Waals surface area contributed by atoms with E-state index >= 15 is 0 Å². The smallest absolute Gasteiger partial charge is 0.744 e. The normalized spacial score (nSPS) is 17.0. The number of unbranched alkanes of at least 4 members (excludes halogenated alkanes) is 2. The maximum absolute atomic E-state index is 12.1. The molecule has 0 amide bonds. The SMILES string of the molecule is C[N+](=C1C=C2Oc3cc(OCCCCCC(=O)O)c(S(=O)(=O)[O-])cc3C=C2C(C)(C)C1)c1ccc(S(=O)(=O)[O-])cc1.[Na+].